The van der Waals surface area contributed by atoms with Crippen LogP contribution in [0, 0.1) is 11.7 Å². The highest BCUT2D eigenvalue weighted by molar-refractivity contribution is 7.89. The molecule has 1 amide bonds. The van der Waals surface area contributed by atoms with Crippen LogP contribution in [0.3, 0.4) is 0 Å². The van der Waals surface area contributed by atoms with Crippen molar-refractivity contribution in [3.63, 3.8) is 0 Å². The van der Waals surface area contributed by atoms with Crippen LogP contribution in [0.2, 0.25) is 5.02 Å². The maximum absolute atomic E-state index is 13.9. The molecule has 3 heterocycles. The number of fused-ring (bicyclic) bond motifs is 1. The van der Waals surface area contributed by atoms with E-state index >= 15 is 0 Å². The number of aromatic nitrogens is 2. The zero-order valence-electron chi connectivity index (χ0n) is 20.4. The third kappa shape index (κ3) is 5.24. The van der Waals surface area contributed by atoms with E-state index in [9.17, 15) is 17.6 Å². The van der Waals surface area contributed by atoms with Gasteiger partial charge >= 0.3 is 0 Å². The molecule has 2 aromatic carbocycles. The number of methoxy groups -OCH3 is 1. The smallest absolute Gasteiger partial charge is 0.243 e. The molecule has 4 aromatic rings. The molecule has 2 aromatic heterocycles. The van der Waals surface area contributed by atoms with E-state index in [4.69, 9.17) is 21.3 Å². The quantitative estimate of drug-likeness (QED) is 0.304. The van der Waals surface area contributed by atoms with Crippen LogP contribution in [0.5, 0.6) is 5.75 Å². The number of nitrogens with zero attached hydrogens (tertiary/aromatic N) is 4. The summed E-state index contributed by atoms with van der Waals surface area (Å²) in [7, 11) is -2.23. The number of rotatable bonds is 7. The summed E-state index contributed by atoms with van der Waals surface area (Å²) in [5.74, 6) is -0.506. The van der Waals surface area contributed by atoms with Gasteiger partial charge in [-0.1, -0.05) is 29.0 Å². The predicted octanol–water partition coefficient (Wildman–Crippen LogP) is 5.13. The van der Waals surface area contributed by atoms with E-state index in [-0.39, 0.29) is 30.4 Å². The number of halogens is 2. The number of thiazole rings is 1. The minimum Gasteiger partial charge on any atom is -0.494 e. The summed E-state index contributed by atoms with van der Waals surface area (Å²) in [5.41, 5.74) is 1.40. The molecule has 0 atom stereocenters. The fraction of sp³-hybridized carbons (Fsp3) is 0.269. The van der Waals surface area contributed by atoms with E-state index in [0.29, 0.717) is 39.0 Å². The van der Waals surface area contributed by atoms with E-state index in [1.165, 1.54) is 27.8 Å². The number of hydrogen-bond donors (Lipinski definition) is 0. The first-order chi connectivity index (χ1) is 18.3. The Bertz CT molecular complexity index is 1560. The maximum Gasteiger partial charge on any atom is 0.243 e. The molecule has 1 saturated heterocycles. The number of carbonyl (C=O) groups is 1. The van der Waals surface area contributed by atoms with Crippen LogP contribution in [0.1, 0.15) is 18.4 Å². The lowest BCUT2D eigenvalue weighted by atomic mass is 9.96. The molecule has 1 fully saturated rings. The molecule has 0 radical (unpaired) electrons. The van der Waals surface area contributed by atoms with Crippen molar-refractivity contribution in [2.45, 2.75) is 24.3 Å². The topological polar surface area (TPSA) is 92.7 Å². The lowest BCUT2D eigenvalue weighted by Gasteiger charge is -2.33. The molecule has 0 saturated carbocycles. The zero-order valence-corrected chi connectivity index (χ0v) is 22.8. The highest BCUT2D eigenvalue weighted by Crippen LogP contribution is 2.40. The van der Waals surface area contributed by atoms with Gasteiger partial charge in [0.25, 0.3) is 0 Å². The van der Waals surface area contributed by atoms with Crippen LogP contribution in [0.15, 0.2) is 65.8 Å². The number of piperidine rings is 1. The van der Waals surface area contributed by atoms with Crippen LogP contribution in [0.25, 0.3) is 10.2 Å². The van der Waals surface area contributed by atoms with Crippen molar-refractivity contribution in [1.82, 2.24) is 14.3 Å². The average molecular weight is 575 g/mol. The average Bonchev–Trinajstić information content (AvgIpc) is 3.39. The number of anilines is 1. The lowest BCUT2D eigenvalue weighted by Crippen LogP contribution is -2.44. The van der Waals surface area contributed by atoms with Crippen LogP contribution in [0.4, 0.5) is 9.52 Å². The summed E-state index contributed by atoms with van der Waals surface area (Å²) in [6.07, 6.45) is 4.05. The summed E-state index contributed by atoms with van der Waals surface area (Å²) in [5, 5.41) is 0.985. The van der Waals surface area contributed by atoms with Crippen molar-refractivity contribution in [2.24, 2.45) is 5.92 Å². The van der Waals surface area contributed by atoms with Gasteiger partial charge in [0, 0.05) is 31.4 Å². The molecule has 12 heteroatoms. The standard InChI is InChI=1S/C26H24ClFN4O4S2/c1-36-22-9-8-21(27)24-23(22)30-26(37-24)32(16-17-3-2-12-29-15-17)25(33)18-10-13-31(14-11-18)38(34,35)20-6-4-19(28)5-7-20/h2-9,12,15,18H,10-11,13-14,16H2,1H3. The second kappa shape index (κ2) is 10.9. The molecule has 0 unspecified atom stereocenters. The Kier molecular flexibility index (Phi) is 7.62. The molecule has 0 bridgehead atoms. The number of amides is 1. The summed E-state index contributed by atoms with van der Waals surface area (Å²) in [6.45, 7) is 0.604. The molecule has 198 valence electrons. The Morgan fingerprint density at radius 2 is 1.92 bits per heavy atom. The normalized spacial score (nSPS) is 15.0. The van der Waals surface area contributed by atoms with Crippen molar-refractivity contribution in [1.29, 1.82) is 0 Å². The molecule has 0 spiro atoms. The number of benzene rings is 2. The fourth-order valence-corrected chi connectivity index (χ4v) is 7.19. The highest BCUT2D eigenvalue weighted by Gasteiger charge is 2.35. The third-order valence-corrected chi connectivity index (χ3v) is 9.93. The molecule has 0 N–H and O–H groups in total. The molecule has 8 nitrogen and oxygen atoms in total. The Morgan fingerprint density at radius 1 is 1.18 bits per heavy atom. The zero-order chi connectivity index (χ0) is 26.9. The first-order valence-corrected chi connectivity index (χ1v) is 14.5. The van der Waals surface area contributed by atoms with Gasteiger partial charge in [0.15, 0.2) is 5.13 Å². The Labute approximate surface area is 228 Å². The van der Waals surface area contributed by atoms with E-state index in [2.05, 4.69) is 4.98 Å². The van der Waals surface area contributed by atoms with Gasteiger partial charge < -0.3 is 4.74 Å². The minimum absolute atomic E-state index is 0.0298. The van der Waals surface area contributed by atoms with Gasteiger partial charge in [0.1, 0.15) is 17.1 Å². The molecular formula is C26H24ClFN4O4S2. The van der Waals surface area contributed by atoms with Gasteiger partial charge in [-0.3, -0.25) is 14.7 Å². The first-order valence-electron chi connectivity index (χ1n) is 11.9. The van der Waals surface area contributed by atoms with Gasteiger partial charge in [-0.05, 0) is 60.9 Å². The minimum atomic E-state index is -3.78. The lowest BCUT2D eigenvalue weighted by molar-refractivity contribution is -0.123. The molecule has 5 rings (SSSR count). The van der Waals surface area contributed by atoms with Gasteiger partial charge in [-0.25, -0.2) is 17.8 Å². The van der Waals surface area contributed by atoms with Crippen LogP contribution in [-0.4, -0.2) is 48.8 Å². The predicted molar refractivity (Wildman–Crippen MR) is 144 cm³/mol. The van der Waals surface area contributed by atoms with E-state index in [1.54, 1.807) is 42.6 Å². The van der Waals surface area contributed by atoms with Crippen LogP contribution in [-0.2, 0) is 21.4 Å². The number of hydrogen-bond acceptors (Lipinski definition) is 7. The maximum atomic E-state index is 13.9. The Balaban J connectivity index is 1.40. The number of ether oxygens (including phenoxy) is 1. The van der Waals surface area contributed by atoms with E-state index in [1.807, 2.05) is 6.07 Å². The summed E-state index contributed by atoms with van der Waals surface area (Å²) < 4.78 is 46.9. The number of sulfonamides is 1. The molecule has 1 aliphatic heterocycles. The van der Waals surface area contributed by atoms with Gasteiger partial charge in [-0.2, -0.15) is 4.31 Å². The van der Waals surface area contributed by atoms with E-state index < -0.39 is 21.8 Å². The van der Waals surface area contributed by atoms with Crippen molar-refractivity contribution in [3.05, 3.63) is 77.3 Å². The van der Waals surface area contributed by atoms with Crippen LogP contribution < -0.4 is 9.64 Å². The second-order valence-electron chi connectivity index (χ2n) is 8.84. The van der Waals surface area contributed by atoms with Gasteiger partial charge in [-0.15, -0.1) is 0 Å². The Morgan fingerprint density at radius 3 is 2.58 bits per heavy atom. The molecule has 1 aliphatic rings. The first kappa shape index (κ1) is 26.5. The van der Waals surface area contributed by atoms with Crippen molar-refractivity contribution >= 4 is 54.2 Å². The summed E-state index contributed by atoms with van der Waals surface area (Å²) in [6, 6.07) is 11.9. The van der Waals surface area contributed by atoms with Crippen LogP contribution >= 0.6 is 22.9 Å². The van der Waals surface area contributed by atoms with Gasteiger partial charge in [0.2, 0.25) is 15.9 Å². The van der Waals surface area contributed by atoms with Gasteiger partial charge in [0.05, 0.1) is 28.3 Å². The largest absolute Gasteiger partial charge is 0.494 e. The molecule has 38 heavy (non-hydrogen) atoms. The SMILES string of the molecule is COc1ccc(Cl)c2sc(N(Cc3cccnc3)C(=O)C3CCN(S(=O)(=O)c4ccc(F)cc4)CC3)nc12. The van der Waals surface area contributed by atoms with E-state index in [0.717, 1.165) is 17.7 Å². The second-order valence-corrected chi connectivity index (χ2v) is 12.2. The third-order valence-electron chi connectivity index (χ3n) is 6.48. The summed E-state index contributed by atoms with van der Waals surface area (Å²) >= 11 is 7.73. The Hall–Kier alpha value is -3.12. The number of carbonyl (C=O) groups excluding carboxylic acids is 1. The molecule has 0 aliphatic carbocycles. The number of pyridine rings is 1. The summed E-state index contributed by atoms with van der Waals surface area (Å²) in [4.78, 5) is 24.4. The monoisotopic (exact) mass is 574 g/mol. The fourth-order valence-electron chi connectivity index (χ4n) is 4.45. The van der Waals surface area contributed by atoms with Crippen molar-refractivity contribution < 1.29 is 22.3 Å². The van der Waals surface area contributed by atoms with Crippen molar-refractivity contribution in [3.8, 4) is 5.75 Å². The highest BCUT2D eigenvalue weighted by atomic mass is 35.5. The molecular weight excluding hydrogens is 551 g/mol. The van der Waals surface area contributed by atoms with Crippen molar-refractivity contribution in [2.75, 3.05) is 25.1 Å².